The molecule has 1 aromatic heterocycles. The minimum Gasteiger partial charge on any atom is -0.396 e. The fraction of sp³-hybridized carbons (Fsp3) is 0.679. The second-order valence-electron chi connectivity index (χ2n) is 11.7. The van der Waals surface area contributed by atoms with Crippen molar-refractivity contribution in [3.05, 3.63) is 41.0 Å². The van der Waals surface area contributed by atoms with Crippen LogP contribution in [-0.4, -0.2) is 32.4 Å². The first-order valence-electron chi connectivity index (χ1n) is 13.3. The molecule has 3 saturated carbocycles. The van der Waals surface area contributed by atoms with E-state index in [9.17, 15) is 9.90 Å². The van der Waals surface area contributed by atoms with Crippen molar-refractivity contribution < 1.29 is 9.90 Å². The maximum Gasteiger partial charge on any atom is 0.228 e. The SMILES string of the molecule is Cc1ccc(NC(=O)[C@H]2CC(CO)C[C@@H]2c2nnc(C3CC(CC(C)C)C3)n2C2CC2)c(C)c1. The van der Waals surface area contributed by atoms with Crippen molar-refractivity contribution in [3.63, 3.8) is 0 Å². The fourth-order valence-corrected chi connectivity index (χ4v) is 6.41. The molecule has 0 saturated heterocycles. The summed E-state index contributed by atoms with van der Waals surface area (Å²) in [6.07, 6.45) is 7.57. The van der Waals surface area contributed by atoms with Gasteiger partial charge >= 0.3 is 0 Å². The van der Waals surface area contributed by atoms with E-state index in [1.807, 2.05) is 19.1 Å². The van der Waals surface area contributed by atoms with Crippen LogP contribution in [0.5, 0.6) is 0 Å². The Morgan fingerprint density at radius 3 is 2.47 bits per heavy atom. The number of aromatic nitrogens is 3. The molecule has 2 aromatic rings. The first kappa shape index (κ1) is 23.5. The Labute approximate surface area is 203 Å². The van der Waals surface area contributed by atoms with Crippen molar-refractivity contribution in [2.45, 2.75) is 90.5 Å². The van der Waals surface area contributed by atoms with E-state index in [0.717, 1.165) is 41.2 Å². The number of amides is 1. The summed E-state index contributed by atoms with van der Waals surface area (Å²) in [4.78, 5) is 13.5. The molecule has 3 aliphatic carbocycles. The second kappa shape index (κ2) is 9.44. The van der Waals surface area contributed by atoms with Crippen LogP contribution < -0.4 is 5.32 Å². The van der Waals surface area contributed by atoms with E-state index in [4.69, 9.17) is 10.2 Å². The Morgan fingerprint density at radius 1 is 1.09 bits per heavy atom. The standard InChI is InChI=1S/C28H40N4O2/c1-16(2)9-19-11-21(12-19)26-30-31-27(32(26)22-6-7-22)23-13-20(15-33)14-24(23)28(34)29-25-8-5-17(3)10-18(25)4/h5,8,10,16,19-24,33H,6-7,9,11-15H2,1-4H3,(H,29,34)/t19?,20?,21?,23-,24-/m0/s1. The van der Waals surface area contributed by atoms with E-state index >= 15 is 0 Å². The number of hydrogen-bond donors (Lipinski definition) is 2. The lowest BCUT2D eigenvalue weighted by Crippen LogP contribution is -2.28. The highest BCUT2D eigenvalue weighted by Gasteiger charge is 2.45. The van der Waals surface area contributed by atoms with Crippen LogP contribution in [0.15, 0.2) is 18.2 Å². The largest absolute Gasteiger partial charge is 0.396 e. The van der Waals surface area contributed by atoms with Crippen LogP contribution in [0.2, 0.25) is 0 Å². The summed E-state index contributed by atoms with van der Waals surface area (Å²) in [7, 11) is 0. The summed E-state index contributed by atoms with van der Waals surface area (Å²) >= 11 is 0. The first-order valence-corrected chi connectivity index (χ1v) is 13.3. The number of nitrogens with zero attached hydrogens (tertiary/aromatic N) is 3. The van der Waals surface area contributed by atoms with Crippen LogP contribution in [0.3, 0.4) is 0 Å². The zero-order valence-corrected chi connectivity index (χ0v) is 21.1. The molecule has 6 nitrogen and oxygen atoms in total. The summed E-state index contributed by atoms with van der Waals surface area (Å²) in [5, 5.41) is 22.6. The van der Waals surface area contributed by atoms with Crippen LogP contribution in [-0.2, 0) is 4.79 Å². The molecule has 1 unspecified atom stereocenters. The molecule has 0 spiro atoms. The summed E-state index contributed by atoms with van der Waals surface area (Å²) in [6, 6.07) is 6.61. The van der Waals surface area contributed by atoms with Crippen molar-refractivity contribution >= 4 is 11.6 Å². The molecule has 1 amide bonds. The summed E-state index contributed by atoms with van der Waals surface area (Å²) in [6.45, 7) is 8.82. The van der Waals surface area contributed by atoms with Gasteiger partial charge in [-0.05, 0) is 88.2 Å². The van der Waals surface area contributed by atoms with Gasteiger partial charge in [-0.25, -0.2) is 0 Å². The van der Waals surface area contributed by atoms with Crippen molar-refractivity contribution in [3.8, 4) is 0 Å². The Bertz CT molecular complexity index is 1040. The van der Waals surface area contributed by atoms with Gasteiger partial charge in [0.1, 0.15) is 11.6 Å². The van der Waals surface area contributed by atoms with E-state index in [-0.39, 0.29) is 30.3 Å². The Morgan fingerprint density at radius 2 is 1.82 bits per heavy atom. The van der Waals surface area contributed by atoms with E-state index < -0.39 is 0 Å². The van der Waals surface area contributed by atoms with Gasteiger partial charge in [-0.2, -0.15) is 0 Å². The van der Waals surface area contributed by atoms with Gasteiger partial charge in [0, 0.05) is 36.1 Å². The monoisotopic (exact) mass is 464 g/mol. The van der Waals surface area contributed by atoms with Crippen molar-refractivity contribution in [1.82, 2.24) is 14.8 Å². The third kappa shape index (κ3) is 4.66. The number of anilines is 1. The van der Waals surface area contributed by atoms with Gasteiger partial charge in [0.15, 0.2) is 0 Å². The van der Waals surface area contributed by atoms with Crippen LogP contribution in [0.25, 0.3) is 0 Å². The molecule has 184 valence electrons. The highest BCUT2D eigenvalue weighted by Crippen LogP contribution is 2.50. The Hall–Kier alpha value is -2.21. The third-order valence-electron chi connectivity index (χ3n) is 8.29. The molecule has 1 heterocycles. The van der Waals surface area contributed by atoms with Crippen molar-refractivity contribution in [1.29, 1.82) is 0 Å². The van der Waals surface area contributed by atoms with Crippen molar-refractivity contribution in [2.75, 3.05) is 11.9 Å². The fourth-order valence-electron chi connectivity index (χ4n) is 6.41. The minimum absolute atomic E-state index is 0.0105. The van der Waals surface area contributed by atoms with Crippen LogP contribution >= 0.6 is 0 Å². The van der Waals surface area contributed by atoms with Gasteiger partial charge in [0.2, 0.25) is 5.91 Å². The number of benzene rings is 1. The molecule has 6 heteroatoms. The highest BCUT2D eigenvalue weighted by molar-refractivity contribution is 5.94. The van der Waals surface area contributed by atoms with Crippen LogP contribution in [0.4, 0.5) is 5.69 Å². The molecular weight excluding hydrogens is 424 g/mol. The molecule has 3 atom stereocenters. The number of aryl methyl sites for hydroxylation is 2. The maximum atomic E-state index is 13.5. The number of carbonyl (C=O) groups excluding carboxylic acids is 1. The molecule has 3 aliphatic rings. The maximum absolute atomic E-state index is 13.5. The van der Waals surface area contributed by atoms with E-state index in [1.54, 1.807) is 0 Å². The van der Waals surface area contributed by atoms with Gasteiger partial charge in [0.05, 0.1) is 0 Å². The lowest BCUT2D eigenvalue weighted by Gasteiger charge is -2.36. The number of carbonyl (C=O) groups is 1. The Kier molecular flexibility index (Phi) is 6.54. The zero-order valence-electron chi connectivity index (χ0n) is 21.1. The third-order valence-corrected chi connectivity index (χ3v) is 8.29. The van der Waals surface area contributed by atoms with E-state index in [1.165, 1.54) is 37.7 Å². The van der Waals surface area contributed by atoms with Gasteiger partial charge in [-0.15, -0.1) is 10.2 Å². The van der Waals surface area contributed by atoms with Gasteiger partial charge in [-0.1, -0.05) is 31.5 Å². The molecule has 0 bridgehead atoms. The topological polar surface area (TPSA) is 80.0 Å². The van der Waals surface area contributed by atoms with Gasteiger partial charge in [-0.3, -0.25) is 4.79 Å². The molecule has 1 aromatic carbocycles. The quantitative estimate of drug-likeness (QED) is 0.540. The summed E-state index contributed by atoms with van der Waals surface area (Å²) < 4.78 is 2.41. The Balaban J connectivity index is 1.38. The predicted molar refractivity (Wildman–Crippen MR) is 134 cm³/mol. The lowest BCUT2D eigenvalue weighted by molar-refractivity contribution is -0.120. The lowest BCUT2D eigenvalue weighted by atomic mass is 9.71. The van der Waals surface area contributed by atoms with E-state index in [0.29, 0.717) is 18.4 Å². The highest BCUT2D eigenvalue weighted by atomic mass is 16.3. The number of nitrogens with one attached hydrogen (secondary N) is 1. The molecule has 5 rings (SSSR count). The van der Waals surface area contributed by atoms with E-state index in [2.05, 4.69) is 36.7 Å². The number of aliphatic hydroxyl groups is 1. The number of hydrogen-bond acceptors (Lipinski definition) is 4. The van der Waals surface area contributed by atoms with Crippen molar-refractivity contribution in [2.24, 2.45) is 23.7 Å². The average Bonchev–Trinajstić information content (AvgIpc) is 3.36. The molecule has 0 aliphatic heterocycles. The number of aliphatic hydroxyl groups excluding tert-OH is 1. The second-order valence-corrected chi connectivity index (χ2v) is 11.7. The molecular formula is C28H40N4O2. The molecule has 34 heavy (non-hydrogen) atoms. The van der Waals surface area contributed by atoms with Crippen LogP contribution in [0, 0.1) is 37.5 Å². The number of rotatable bonds is 8. The minimum atomic E-state index is -0.192. The zero-order chi connectivity index (χ0) is 24.0. The molecule has 3 fully saturated rings. The molecule has 0 radical (unpaired) electrons. The van der Waals surface area contributed by atoms with Crippen LogP contribution in [0.1, 0.15) is 99.4 Å². The first-order chi connectivity index (χ1) is 16.3. The van der Waals surface area contributed by atoms with Gasteiger partial charge in [0.25, 0.3) is 0 Å². The smallest absolute Gasteiger partial charge is 0.228 e. The summed E-state index contributed by atoms with van der Waals surface area (Å²) in [5.74, 6) is 4.18. The van der Waals surface area contributed by atoms with Gasteiger partial charge < -0.3 is 15.0 Å². The molecule has 2 N–H and O–H groups in total. The normalized spacial score (nSPS) is 28.8. The predicted octanol–water partition coefficient (Wildman–Crippen LogP) is 5.51. The average molecular weight is 465 g/mol. The summed E-state index contributed by atoms with van der Waals surface area (Å²) in [5.41, 5.74) is 3.13.